The molecule has 1 aromatic rings. The van der Waals surface area contributed by atoms with Crippen molar-refractivity contribution in [2.75, 3.05) is 13.7 Å². The van der Waals surface area contributed by atoms with E-state index >= 15 is 0 Å². The van der Waals surface area contributed by atoms with E-state index < -0.39 is 0 Å². The molecule has 2 atom stereocenters. The van der Waals surface area contributed by atoms with Crippen LogP contribution in [0, 0.1) is 0 Å². The van der Waals surface area contributed by atoms with Crippen molar-refractivity contribution in [2.45, 2.75) is 31.5 Å². The molecule has 2 rings (SSSR count). The summed E-state index contributed by atoms with van der Waals surface area (Å²) < 4.78 is 12.5. The number of hydrogen-bond acceptors (Lipinski definition) is 3. The first kappa shape index (κ1) is 11.6. The van der Waals surface area contributed by atoms with Crippen LogP contribution in [-0.2, 0) is 15.1 Å². The Morgan fingerprint density at radius 3 is 2.93 bits per heavy atom. The van der Waals surface area contributed by atoms with Crippen LogP contribution in [0.15, 0.2) is 15.9 Å². The van der Waals surface area contributed by atoms with E-state index in [1.807, 2.05) is 0 Å². The lowest BCUT2D eigenvalue weighted by atomic mass is 9.89. The normalized spacial score (nSPS) is 31.8. The molecule has 0 bridgehead atoms. The molecule has 1 fully saturated rings. The molecule has 15 heavy (non-hydrogen) atoms. The minimum Gasteiger partial charge on any atom is -0.378 e. The number of rotatable bonds is 2. The Morgan fingerprint density at radius 2 is 2.40 bits per heavy atom. The lowest BCUT2D eigenvalue weighted by Gasteiger charge is -2.38. The van der Waals surface area contributed by atoms with E-state index in [-0.39, 0.29) is 11.7 Å². The van der Waals surface area contributed by atoms with Gasteiger partial charge in [-0.15, -0.1) is 11.3 Å². The highest BCUT2D eigenvalue weighted by atomic mass is 79.9. The van der Waals surface area contributed by atoms with Gasteiger partial charge >= 0.3 is 0 Å². The highest BCUT2D eigenvalue weighted by molar-refractivity contribution is 9.11. The molecule has 0 radical (unpaired) electrons. The molecular weight excluding hydrogens is 276 g/mol. The van der Waals surface area contributed by atoms with Gasteiger partial charge in [0.05, 0.1) is 16.5 Å². The molecule has 0 aromatic carbocycles. The standard InChI is InChI=1S/C11H15BrO2S/c1-8-7-11(13-2,5-6-14-8)9-3-4-10(12)15-9/h3-4,8H,5-7H2,1-2H3. The minimum atomic E-state index is -0.131. The molecule has 2 unspecified atom stereocenters. The van der Waals surface area contributed by atoms with Crippen LogP contribution in [-0.4, -0.2) is 19.8 Å². The summed E-state index contributed by atoms with van der Waals surface area (Å²) in [6.07, 6.45) is 2.16. The second kappa shape index (κ2) is 4.53. The third-order valence-electron chi connectivity index (χ3n) is 2.94. The summed E-state index contributed by atoms with van der Waals surface area (Å²) in [4.78, 5) is 1.30. The van der Waals surface area contributed by atoms with Crippen molar-refractivity contribution in [2.24, 2.45) is 0 Å². The van der Waals surface area contributed by atoms with E-state index in [0.29, 0.717) is 0 Å². The highest BCUT2D eigenvalue weighted by Crippen LogP contribution is 2.42. The van der Waals surface area contributed by atoms with E-state index in [1.54, 1.807) is 18.4 Å². The SMILES string of the molecule is COC1(c2ccc(Br)s2)CCOC(C)C1. The Kier molecular flexibility index (Phi) is 3.50. The summed E-state index contributed by atoms with van der Waals surface area (Å²) in [6.45, 7) is 2.89. The van der Waals surface area contributed by atoms with E-state index in [2.05, 4.69) is 35.0 Å². The van der Waals surface area contributed by atoms with Crippen molar-refractivity contribution in [3.63, 3.8) is 0 Å². The Hall–Kier alpha value is 0.1000. The zero-order chi connectivity index (χ0) is 10.9. The van der Waals surface area contributed by atoms with Crippen LogP contribution in [0.25, 0.3) is 0 Å². The highest BCUT2D eigenvalue weighted by Gasteiger charge is 2.38. The van der Waals surface area contributed by atoms with E-state index in [9.17, 15) is 0 Å². The monoisotopic (exact) mass is 290 g/mol. The molecule has 2 heterocycles. The number of hydrogen-bond donors (Lipinski definition) is 0. The van der Waals surface area contributed by atoms with Gasteiger partial charge in [0.1, 0.15) is 5.60 Å². The summed E-state index contributed by atoms with van der Waals surface area (Å²) in [5.74, 6) is 0. The molecule has 4 heteroatoms. The van der Waals surface area contributed by atoms with Crippen LogP contribution in [0.3, 0.4) is 0 Å². The summed E-state index contributed by atoms with van der Waals surface area (Å²) in [5.41, 5.74) is -0.131. The van der Waals surface area contributed by atoms with E-state index in [4.69, 9.17) is 9.47 Å². The first-order chi connectivity index (χ1) is 7.16. The smallest absolute Gasteiger partial charge is 0.107 e. The van der Waals surface area contributed by atoms with Crippen molar-refractivity contribution in [1.82, 2.24) is 0 Å². The van der Waals surface area contributed by atoms with E-state index in [0.717, 1.165) is 23.2 Å². The molecule has 84 valence electrons. The Balaban J connectivity index is 2.27. The van der Waals surface area contributed by atoms with Gasteiger partial charge in [-0.05, 0) is 35.0 Å². The van der Waals surface area contributed by atoms with Gasteiger partial charge in [-0.25, -0.2) is 0 Å². The summed E-state index contributed by atoms with van der Waals surface area (Å²) in [7, 11) is 1.80. The molecule has 1 aromatic heterocycles. The molecule has 0 saturated carbocycles. The minimum absolute atomic E-state index is 0.131. The fraction of sp³-hybridized carbons (Fsp3) is 0.636. The maximum atomic E-state index is 5.76. The summed E-state index contributed by atoms with van der Waals surface area (Å²) >= 11 is 5.25. The van der Waals surface area contributed by atoms with Crippen LogP contribution in [0.4, 0.5) is 0 Å². The fourth-order valence-corrected chi connectivity index (χ4v) is 3.71. The molecule has 0 spiro atoms. The van der Waals surface area contributed by atoms with Gasteiger partial charge in [0.15, 0.2) is 0 Å². The maximum Gasteiger partial charge on any atom is 0.107 e. The Bertz CT molecular complexity index is 339. The van der Waals surface area contributed by atoms with Crippen LogP contribution in [0.1, 0.15) is 24.6 Å². The van der Waals surface area contributed by atoms with Crippen molar-refractivity contribution in [3.05, 3.63) is 20.8 Å². The van der Waals surface area contributed by atoms with Crippen molar-refractivity contribution < 1.29 is 9.47 Å². The first-order valence-corrected chi connectivity index (χ1v) is 6.70. The lowest BCUT2D eigenvalue weighted by Crippen LogP contribution is -2.38. The van der Waals surface area contributed by atoms with Gasteiger partial charge in [-0.3, -0.25) is 0 Å². The molecule has 0 amide bonds. The zero-order valence-corrected chi connectivity index (χ0v) is 11.4. The number of ether oxygens (including phenoxy) is 2. The van der Waals surface area contributed by atoms with Crippen LogP contribution < -0.4 is 0 Å². The predicted molar refractivity (Wildman–Crippen MR) is 65.4 cm³/mol. The first-order valence-electron chi connectivity index (χ1n) is 5.09. The molecule has 0 aliphatic carbocycles. The molecule has 1 saturated heterocycles. The second-order valence-corrected chi connectivity index (χ2v) is 6.40. The summed E-state index contributed by atoms with van der Waals surface area (Å²) in [6, 6.07) is 4.23. The molecular formula is C11H15BrO2S. The van der Waals surface area contributed by atoms with Gasteiger partial charge in [0.2, 0.25) is 0 Å². The van der Waals surface area contributed by atoms with Gasteiger partial charge in [0, 0.05) is 24.8 Å². The number of methoxy groups -OCH3 is 1. The molecule has 2 nitrogen and oxygen atoms in total. The Labute approximate surface area is 103 Å². The largest absolute Gasteiger partial charge is 0.378 e. The predicted octanol–water partition coefficient (Wildman–Crippen LogP) is 3.55. The number of halogens is 1. The average Bonchev–Trinajstić information content (AvgIpc) is 2.65. The van der Waals surface area contributed by atoms with Crippen LogP contribution in [0.5, 0.6) is 0 Å². The summed E-state index contributed by atoms with van der Waals surface area (Å²) in [5, 5.41) is 0. The maximum absolute atomic E-state index is 5.76. The average molecular weight is 291 g/mol. The van der Waals surface area contributed by atoms with Gasteiger partial charge in [-0.2, -0.15) is 0 Å². The van der Waals surface area contributed by atoms with E-state index in [1.165, 1.54) is 4.88 Å². The van der Waals surface area contributed by atoms with Crippen LogP contribution >= 0.6 is 27.3 Å². The molecule has 0 N–H and O–H groups in total. The topological polar surface area (TPSA) is 18.5 Å². The third-order valence-corrected chi connectivity index (χ3v) is 4.75. The van der Waals surface area contributed by atoms with Crippen molar-refractivity contribution in [3.8, 4) is 0 Å². The third kappa shape index (κ3) is 2.28. The zero-order valence-electron chi connectivity index (χ0n) is 8.96. The quantitative estimate of drug-likeness (QED) is 0.829. The fourth-order valence-electron chi connectivity index (χ4n) is 2.12. The number of thiophene rings is 1. The molecule has 1 aliphatic heterocycles. The second-order valence-electron chi connectivity index (χ2n) is 3.94. The van der Waals surface area contributed by atoms with Gasteiger partial charge < -0.3 is 9.47 Å². The van der Waals surface area contributed by atoms with Gasteiger partial charge in [0.25, 0.3) is 0 Å². The lowest BCUT2D eigenvalue weighted by molar-refractivity contribution is -0.120. The Morgan fingerprint density at radius 1 is 1.60 bits per heavy atom. The van der Waals surface area contributed by atoms with Crippen molar-refractivity contribution >= 4 is 27.3 Å². The van der Waals surface area contributed by atoms with Gasteiger partial charge in [-0.1, -0.05) is 0 Å². The van der Waals surface area contributed by atoms with Crippen molar-refractivity contribution in [1.29, 1.82) is 0 Å². The van der Waals surface area contributed by atoms with Crippen LogP contribution in [0.2, 0.25) is 0 Å². The molecule has 1 aliphatic rings.